The summed E-state index contributed by atoms with van der Waals surface area (Å²) in [5, 5.41) is 0. The maximum atomic E-state index is 12.5. The van der Waals surface area contributed by atoms with Crippen LogP contribution in [0.1, 0.15) is 16.9 Å². The third kappa shape index (κ3) is 3.61. The molecule has 0 bridgehead atoms. The number of carbonyl (C=O) groups is 1. The summed E-state index contributed by atoms with van der Waals surface area (Å²) < 4.78 is 0. The Labute approximate surface area is 123 Å². The van der Waals surface area contributed by atoms with E-state index < -0.39 is 0 Å². The van der Waals surface area contributed by atoms with Crippen LogP contribution in [0.3, 0.4) is 0 Å². The molecule has 0 fully saturated rings. The number of rotatable bonds is 5. The second kappa shape index (κ2) is 6.77. The summed E-state index contributed by atoms with van der Waals surface area (Å²) in [6.07, 6.45) is 2.08. The van der Waals surface area contributed by atoms with Gasteiger partial charge in [0.1, 0.15) is 5.69 Å². The molecule has 0 aliphatic heterocycles. The largest absolute Gasteiger partial charge is 0.393 e. The van der Waals surface area contributed by atoms with E-state index in [1.54, 1.807) is 29.3 Å². The Morgan fingerprint density at radius 2 is 1.85 bits per heavy atom. The van der Waals surface area contributed by atoms with Crippen molar-refractivity contribution in [3.8, 4) is 0 Å². The topological polar surface area (TPSA) is 59.2 Å². The van der Waals surface area contributed by atoms with Gasteiger partial charge in [0.05, 0.1) is 4.99 Å². The maximum Gasteiger partial charge on any atom is 0.276 e. The Morgan fingerprint density at radius 1 is 1.15 bits per heavy atom. The fourth-order valence-corrected chi connectivity index (χ4v) is 1.90. The molecular formula is C15H15N3OS. The number of anilines is 1. The summed E-state index contributed by atoms with van der Waals surface area (Å²) in [5.74, 6) is -0.159. The smallest absolute Gasteiger partial charge is 0.276 e. The van der Waals surface area contributed by atoms with Gasteiger partial charge in [0.2, 0.25) is 0 Å². The monoisotopic (exact) mass is 285 g/mol. The zero-order valence-corrected chi connectivity index (χ0v) is 11.7. The Bertz CT molecular complexity index is 587. The maximum absolute atomic E-state index is 12.5. The normalized spacial score (nSPS) is 10.0. The predicted octanol–water partition coefficient (Wildman–Crippen LogP) is 2.40. The number of amides is 1. The summed E-state index contributed by atoms with van der Waals surface area (Å²) in [6.45, 7) is 0.439. The van der Waals surface area contributed by atoms with Crippen molar-refractivity contribution in [2.75, 3.05) is 11.4 Å². The van der Waals surface area contributed by atoms with E-state index in [1.807, 2.05) is 30.3 Å². The van der Waals surface area contributed by atoms with Crippen LogP contribution in [-0.2, 0) is 0 Å². The number of thiocarbonyl (C=S) groups is 1. The first-order chi connectivity index (χ1) is 9.68. The highest BCUT2D eigenvalue weighted by Crippen LogP contribution is 2.16. The van der Waals surface area contributed by atoms with Crippen molar-refractivity contribution in [1.82, 2.24) is 4.98 Å². The van der Waals surface area contributed by atoms with E-state index in [0.29, 0.717) is 23.6 Å². The van der Waals surface area contributed by atoms with E-state index in [0.717, 1.165) is 5.69 Å². The van der Waals surface area contributed by atoms with Crippen LogP contribution in [0.15, 0.2) is 54.7 Å². The number of hydrogen-bond acceptors (Lipinski definition) is 3. The van der Waals surface area contributed by atoms with Crippen molar-refractivity contribution in [2.24, 2.45) is 5.73 Å². The van der Waals surface area contributed by atoms with E-state index in [4.69, 9.17) is 18.0 Å². The van der Waals surface area contributed by atoms with Gasteiger partial charge in [0.25, 0.3) is 5.91 Å². The molecule has 1 aromatic carbocycles. The number of nitrogens with two attached hydrogens (primary N) is 1. The van der Waals surface area contributed by atoms with Crippen molar-refractivity contribution in [2.45, 2.75) is 6.42 Å². The zero-order chi connectivity index (χ0) is 14.4. The molecule has 0 aliphatic carbocycles. The van der Waals surface area contributed by atoms with Crippen LogP contribution in [0.5, 0.6) is 0 Å². The molecule has 0 atom stereocenters. The van der Waals surface area contributed by atoms with Crippen LogP contribution in [0.25, 0.3) is 0 Å². The van der Waals surface area contributed by atoms with E-state index in [-0.39, 0.29) is 5.91 Å². The van der Waals surface area contributed by atoms with E-state index >= 15 is 0 Å². The highest BCUT2D eigenvalue weighted by molar-refractivity contribution is 7.80. The third-order valence-electron chi connectivity index (χ3n) is 2.78. The first kappa shape index (κ1) is 14.1. The van der Waals surface area contributed by atoms with Crippen molar-refractivity contribution < 1.29 is 4.79 Å². The Morgan fingerprint density at radius 3 is 2.45 bits per heavy atom. The molecule has 2 N–H and O–H groups in total. The predicted molar refractivity (Wildman–Crippen MR) is 83.8 cm³/mol. The highest BCUT2D eigenvalue weighted by atomic mass is 32.1. The van der Waals surface area contributed by atoms with Crippen LogP contribution in [-0.4, -0.2) is 22.4 Å². The number of hydrogen-bond donors (Lipinski definition) is 1. The molecule has 0 unspecified atom stereocenters. The first-order valence-corrected chi connectivity index (χ1v) is 6.65. The molecule has 1 amide bonds. The van der Waals surface area contributed by atoms with Gasteiger partial charge in [-0.05, 0) is 24.3 Å². The number of nitrogens with zero attached hydrogens (tertiary/aromatic N) is 2. The molecule has 0 saturated heterocycles. The lowest BCUT2D eigenvalue weighted by molar-refractivity contribution is 0.0983. The summed E-state index contributed by atoms with van der Waals surface area (Å²) in [7, 11) is 0. The Hall–Kier alpha value is -2.27. The minimum absolute atomic E-state index is 0.159. The standard InChI is InChI=1S/C15H15N3OS/c16-14(20)9-11-18(12-6-2-1-3-7-12)15(19)13-8-4-5-10-17-13/h1-8,10H,9,11H2,(H2,16,20). The van der Waals surface area contributed by atoms with Crippen molar-refractivity contribution in [3.63, 3.8) is 0 Å². The quantitative estimate of drug-likeness (QED) is 0.857. The van der Waals surface area contributed by atoms with E-state index in [2.05, 4.69) is 4.98 Å². The van der Waals surface area contributed by atoms with Gasteiger partial charge in [-0.1, -0.05) is 36.5 Å². The van der Waals surface area contributed by atoms with Crippen LogP contribution < -0.4 is 10.6 Å². The molecule has 102 valence electrons. The number of aromatic nitrogens is 1. The molecule has 0 saturated carbocycles. The molecular weight excluding hydrogens is 270 g/mol. The van der Waals surface area contributed by atoms with Crippen molar-refractivity contribution >= 4 is 28.8 Å². The fraction of sp³-hybridized carbons (Fsp3) is 0.133. The molecule has 1 aromatic heterocycles. The van der Waals surface area contributed by atoms with Crippen LogP contribution in [0, 0.1) is 0 Å². The zero-order valence-electron chi connectivity index (χ0n) is 10.9. The lowest BCUT2D eigenvalue weighted by Crippen LogP contribution is -2.34. The summed E-state index contributed by atoms with van der Waals surface area (Å²) >= 11 is 4.89. The molecule has 0 spiro atoms. The first-order valence-electron chi connectivity index (χ1n) is 6.25. The van der Waals surface area contributed by atoms with Gasteiger partial charge in [0.15, 0.2) is 0 Å². The number of pyridine rings is 1. The molecule has 4 nitrogen and oxygen atoms in total. The molecule has 2 rings (SSSR count). The third-order valence-corrected chi connectivity index (χ3v) is 2.98. The summed E-state index contributed by atoms with van der Waals surface area (Å²) in [5.41, 5.74) is 6.74. The molecule has 20 heavy (non-hydrogen) atoms. The molecule has 1 heterocycles. The van der Waals surface area contributed by atoms with Gasteiger partial charge in [-0.2, -0.15) is 0 Å². The van der Waals surface area contributed by atoms with Gasteiger partial charge in [-0.15, -0.1) is 0 Å². The van der Waals surface area contributed by atoms with Gasteiger partial charge >= 0.3 is 0 Å². The van der Waals surface area contributed by atoms with Gasteiger partial charge in [-0.25, -0.2) is 0 Å². The molecule has 5 heteroatoms. The fourth-order valence-electron chi connectivity index (χ4n) is 1.81. The minimum atomic E-state index is -0.159. The Balaban J connectivity index is 2.27. The number of benzene rings is 1. The Kier molecular flexibility index (Phi) is 4.79. The van der Waals surface area contributed by atoms with Crippen LogP contribution in [0.4, 0.5) is 5.69 Å². The highest BCUT2D eigenvalue weighted by Gasteiger charge is 2.18. The van der Waals surface area contributed by atoms with Gasteiger partial charge in [0, 0.05) is 24.8 Å². The summed E-state index contributed by atoms with van der Waals surface area (Å²) in [4.78, 5) is 18.7. The average Bonchev–Trinajstić information content (AvgIpc) is 2.49. The van der Waals surface area contributed by atoms with Gasteiger partial charge in [-0.3, -0.25) is 9.78 Å². The minimum Gasteiger partial charge on any atom is -0.393 e. The molecule has 0 radical (unpaired) electrons. The lowest BCUT2D eigenvalue weighted by Gasteiger charge is -2.22. The molecule has 0 aliphatic rings. The number of carbonyl (C=O) groups excluding carboxylic acids is 1. The van der Waals surface area contributed by atoms with Crippen LogP contribution in [0.2, 0.25) is 0 Å². The van der Waals surface area contributed by atoms with Crippen LogP contribution >= 0.6 is 12.2 Å². The van der Waals surface area contributed by atoms with Crippen molar-refractivity contribution in [3.05, 3.63) is 60.4 Å². The SMILES string of the molecule is NC(=S)CCN(C(=O)c1ccccn1)c1ccccc1. The second-order valence-corrected chi connectivity index (χ2v) is 4.75. The van der Waals surface area contributed by atoms with E-state index in [1.165, 1.54) is 0 Å². The lowest BCUT2D eigenvalue weighted by atomic mass is 10.2. The van der Waals surface area contributed by atoms with E-state index in [9.17, 15) is 4.79 Å². The second-order valence-electron chi connectivity index (χ2n) is 4.22. The molecule has 2 aromatic rings. The average molecular weight is 285 g/mol. The van der Waals surface area contributed by atoms with Gasteiger partial charge < -0.3 is 10.6 Å². The van der Waals surface area contributed by atoms with Crippen molar-refractivity contribution in [1.29, 1.82) is 0 Å². The number of para-hydroxylation sites is 1. The summed E-state index contributed by atoms with van der Waals surface area (Å²) in [6, 6.07) is 14.7.